The van der Waals surface area contributed by atoms with E-state index in [9.17, 15) is 0 Å². The molecule has 1 unspecified atom stereocenters. The van der Waals surface area contributed by atoms with E-state index in [0.717, 1.165) is 6.61 Å². The molecule has 14 heavy (non-hydrogen) atoms. The van der Waals surface area contributed by atoms with Crippen molar-refractivity contribution in [2.45, 2.75) is 20.0 Å². The molecule has 1 saturated heterocycles. The maximum atomic E-state index is 5.52. The molecule has 0 spiro atoms. The second-order valence-electron chi connectivity index (χ2n) is 4.44. The summed E-state index contributed by atoms with van der Waals surface area (Å²) in [7, 11) is 0. The van der Waals surface area contributed by atoms with Crippen molar-refractivity contribution in [3.63, 3.8) is 0 Å². The zero-order chi connectivity index (χ0) is 10.4. The van der Waals surface area contributed by atoms with Crippen LogP contribution in [-0.2, 0) is 14.2 Å². The molecule has 3 nitrogen and oxygen atoms in total. The fourth-order valence-corrected chi connectivity index (χ4v) is 1.09. The molecular weight excluding hydrogens is 180 g/mol. The third-order valence-corrected chi connectivity index (χ3v) is 1.93. The molecule has 0 amide bonds. The average Bonchev–Trinajstić information content (AvgIpc) is 2.88. The zero-order valence-corrected chi connectivity index (χ0v) is 9.12. The second kappa shape index (κ2) is 5.49. The minimum Gasteiger partial charge on any atom is -0.378 e. The van der Waals surface area contributed by atoms with E-state index < -0.39 is 0 Å². The summed E-state index contributed by atoms with van der Waals surface area (Å²) in [6.45, 7) is 11.4. The van der Waals surface area contributed by atoms with Gasteiger partial charge in [-0.25, -0.2) is 0 Å². The Hall–Kier alpha value is -0.380. The van der Waals surface area contributed by atoms with Crippen molar-refractivity contribution in [2.75, 3.05) is 33.0 Å². The first-order chi connectivity index (χ1) is 6.64. The van der Waals surface area contributed by atoms with Crippen LogP contribution in [0.25, 0.3) is 0 Å². The molecule has 0 aliphatic carbocycles. The SMILES string of the molecule is C=CCOCC(C)(C)COCC1CO1. The Bertz CT molecular complexity index is 173. The maximum Gasteiger partial charge on any atom is 0.104 e. The third kappa shape index (κ3) is 5.37. The average molecular weight is 200 g/mol. The van der Waals surface area contributed by atoms with E-state index in [4.69, 9.17) is 14.2 Å². The molecule has 1 atom stereocenters. The highest BCUT2D eigenvalue weighted by atomic mass is 16.6. The maximum absolute atomic E-state index is 5.52. The lowest BCUT2D eigenvalue weighted by atomic mass is 9.96. The minimum atomic E-state index is 0.0674. The standard InChI is InChI=1S/C11H20O3/c1-4-5-12-8-11(2,3)9-13-6-10-7-14-10/h4,10H,1,5-9H2,2-3H3. The van der Waals surface area contributed by atoms with Crippen LogP contribution in [0.15, 0.2) is 12.7 Å². The molecule has 1 aliphatic rings. The van der Waals surface area contributed by atoms with Crippen LogP contribution in [0.2, 0.25) is 0 Å². The van der Waals surface area contributed by atoms with Gasteiger partial charge in [-0.1, -0.05) is 19.9 Å². The summed E-state index contributed by atoms with van der Waals surface area (Å²) in [5, 5.41) is 0. The first-order valence-corrected chi connectivity index (χ1v) is 5.02. The van der Waals surface area contributed by atoms with Gasteiger partial charge in [0.1, 0.15) is 6.10 Å². The van der Waals surface area contributed by atoms with E-state index in [2.05, 4.69) is 20.4 Å². The van der Waals surface area contributed by atoms with Crippen LogP contribution in [0.3, 0.4) is 0 Å². The van der Waals surface area contributed by atoms with Gasteiger partial charge < -0.3 is 14.2 Å². The number of epoxide rings is 1. The minimum absolute atomic E-state index is 0.0674. The topological polar surface area (TPSA) is 31.0 Å². The Morgan fingerprint density at radius 1 is 1.43 bits per heavy atom. The molecule has 0 bridgehead atoms. The Kier molecular flexibility index (Phi) is 4.58. The lowest BCUT2D eigenvalue weighted by molar-refractivity contribution is -0.00000432. The highest BCUT2D eigenvalue weighted by molar-refractivity contribution is 4.72. The van der Waals surface area contributed by atoms with Crippen molar-refractivity contribution >= 4 is 0 Å². The number of hydrogen-bond donors (Lipinski definition) is 0. The molecule has 0 aromatic rings. The van der Waals surface area contributed by atoms with Crippen LogP contribution in [-0.4, -0.2) is 39.1 Å². The van der Waals surface area contributed by atoms with Crippen LogP contribution < -0.4 is 0 Å². The van der Waals surface area contributed by atoms with Gasteiger partial charge in [0.05, 0.1) is 33.0 Å². The van der Waals surface area contributed by atoms with Gasteiger partial charge in [-0.2, -0.15) is 0 Å². The molecule has 1 fully saturated rings. The van der Waals surface area contributed by atoms with Crippen molar-refractivity contribution in [2.24, 2.45) is 5.41 Å². The van der Waals surface area contributed by atoms with Crippen molar-refractivity contribution in [3.8, 4) is 0 Å². The first-order valence-electron chi connectivity index (χ1n) is 5.02. The van der Waals surface area contributed by atoms with Gasteiger partial charge in [0, 0.05) is 5.41 Å². The lowest BCUT2D eigenvalue weighted by Crippen LogP contribution is -2.26. The second-order valence-corrected chi connectivity index (χ2v) is 4.44. The Morgan fingerprint density at radius 3 is 2.64 bits per heavy atom. The zero-order valence-electron chi connectivity index (χ0n) is 9.12. The summed E-state index contributed by atoms with van der Waals surface area (Å²) < 4.78 is 16.0. The van der Waals surface area contributed by atoms with Gasteiger partial charge in [0.2, 0.25) is 0 Å². The molecule has 82 valence electrons. The Labute approximate surface area is 86.0 Å². The van der Waals surface area contributed by atoms with Crippen LogP contribution in [0, 0.1) is 5.41 Å². The fraction of sp³-hybridized carbons (Fsp3) is 0.818. The third-order valence-electron chi connectivity index (χ3n) is 1.93. The predicted octanol–water partition coefficient (Wildman–Crippen LogP) is 1.63. The lowest BCUT2D eigenvalue weighted by Gasteiger charge is -2.23. The molecule has 1 rings (SSSR count). The molecule has 0 N–H and O–H groups in total. The Morgan fingerprint density at radius 2 is 2.07 bits per heavy atom. The molecule has 0 saturated carbocycles. The molecule has 3 heteroatoms. The number of hydrogen-bond acceptors (Lipinski definition) is 3. The summed E-state index contributed by atoms with van der Waals surface area (Å²) in [6, 6.07) is 0. The van der Waals surface area contributed by atoms with E-state index in [0.29, 0.717) is 32.5 Å². The fourth-order valence-electron chi connectivity index (χ4n) is 1.09. The highest BCUT2D eigenvalue weighted by Gasteiger charge is 2.24. The molecule has 0 aromatic heterocycles. The van der Waals surface area contributed by atoms with E-state index in [1.165, 1.54) is 0 Å². The van der Waals surface area contributed by atoms with Gasteiger partial charge >= 0.3 is 0 Å². The van der Waals surface area contributed by atoms with Crippen molar-refractivity contribution < 1.29 is 14.2 Å². The predicted molar refractivity (Wildman–Crippen MR) is 55.4 cm³/mol. The van der Waals surface area contributed by atoms with Gasteiger partial charge in [-0.15, -0.1) is 6.58 Å². The first kappa shape index (κ1) is 11.7. The molecule has 1 aliphatic heterocycles. The summed E-state index contributed by atoms with van der Waals surface area (Å²) in [5.41, 5.74) is 0.0674. The van der Waals surface area contributed by atoms with Gasteiger partial charge in [0.15, 0.2) is 0 Å². The van der Waals surface area contributed by atoms with E-state index in [1.807, 2.05) is 0 Å². The number of ether oxygens (including phenoxy) is 3. The molecular formula is C11H20O3. The van der Waals surface area contributed by atoms with E-state index in [1.54, 1.807) is 6.08 Å². The van der Waals surface area contributed by atoms with E-state index in [-0.39, 0.29) is 5.41 Å². The smallest absolute Gasteiger partial charge is 0.104 e. The van der Waals surface area contributed by atoms with Crippen molar-refractivity contribution in [1.29, 1.82) is 0 Å². The quantitative estimate of drug-likeness (QED) is 0.339. The largest absolute Gasteiger partial charge is 0.378 e. The molecule has 0 radical (unpaired) electrons. The number of rotatable bonds is 8. The van der Waals surface area contributed by atoms with Gasteiger partial charge in [0.25, 0.3) is 0 Å². The van der Waals surface area contributed by atoms with E-state index >= 15 is 0 Å². The van der Waals surface area contributed by atoms with Gasteiger partial charge in [-0.3, -0.25) is 0 Å². The molecule has 1 heterocycles. The summed E-state index contributed by atoms with van der Waals surface area (Å²) in [5.74, 6) is 0. The van der Waals surface area contributed by atoms with Crippen molar-refractivity contribution in [3.05, 3.63) is 12.7 Å². The Balaban J connectivity index is 2.02. The van der Waals surface area contributed by atoms with Gasteiger partial charge in [-0.05, 0) is 0 Å². The molecule has 0 aromatic carbocycles. The highest BCUT2D eigenvalue weighted by Crippen LogP contribution is 2.17. The van der Waals surface area contributed by atoms with Crippen LogP contribution in [0.4, 0.5) is 0 Å². The van der Waals surface area contributed by atoms with Crippen LogP contribution >= 0.6 is 0 Å². The summed E-state index contributed by atoms with van der Waals surface area (Å²) >= 11 is 0. The normalized spacial score (nSPS) is 20.9. The van der Waals surface area contributed by atoms with Crippen LogP contribution in [0.1, 0.15) is 13.8 Å². The summed E-state index contributed by atoms with van der Waals surface area (Å²) in [4.78, 5) is 0. The van der Waals surface area contributed by atoms with Crippen molar-refractivity contribution in [1.82, 2.24) is 0 Å². The van der Waals surface area contributed by atoms with Crippen LogP contribution in [0.5, 0.6) is 0 Å². The summed E-state index contributed by atoms with van der Waals surface area (Å²) in [6.07, 6.45) is 2.11. The monoisotopic (exact) mass is 200 g/mol.